The predicted octanol–water partition coefficient (Wildman–Crippen LogP) is 5.09. The summed E-state index contributed by atoms with van der Waals surface area (Å²) in [6.07, 6.45) is 0.883. The van der Waals surface area contributed by atoms with Crippen LogP contribution >= 0.6 is 34.3 Å². The van der Waals surface area contributed by atoms with Crippen LogP contribution < -0.4 is 5.32 Å². The van der Waals surface area contributed by atoms with Crippen LogP contribution in [0, 0.1) is 0 Å². The Labute approximate surface area is 175 Å². The van der Waals surface area contributed by atoms with Crippen LogP contribution in [-0.4, -0.2) is 21.1 Å². The topological polar surface area (TPSA) is 67.8 Å². The molecular formula is C20H15ClN4OS2. The van der Waals surface area contributed by atoms with E-state index in [4.69, 9.17) is 11.6 Å². The summed E-state index contributed by atoms with van der Waals surface area (Å²) in [6.45, 7) is 0. The Morgan fingerprint density at radius 3 is 2.75 bits per heavy atom. The second-order valence-corrected chi connectivity index (χ2v) is 8.40. The summed E-state index contributed by atoms with van der Waals surface area (Å²) in [5, 5.41) is 15.8. The second-order valence-electron chi connectivity index (χ2n) is 6.04. The van der Waals surface area contributed by atoms with E-state index >= 15 is 0 Å². The molecule has 0 aliphatic rings. The molecule has 0 spiro atoms. The lowest BCUT2D eigenvalue weighted by molar-refractivity contribution is -0.115. The molecule has 0 fully saturated rings. The first-order valence-electron chi connectivity index (χ1n) is 8.52. The highest BCUT2D eigenvalue weighted by Gasteiger charge is 2.12. The minimum absolute atomic E-state index is 0.162. The SMILES string of the molecule is O=C(Cc1csc(-c2cccc(Cl)c2)n1)Nc1nnc(Cc2ccccc2)s1. The monoisotopic (exact) mass is 426 g/mol. The Morgan fingerprint density at radius 2 is 1.93 bits per heavy atom. The fourth-order valence-electron chi connectivity index (χ4n) is 2.62. The lowest BCUT2D eigenvalue weighted by atomic mass is 10.2. The molecule has 0 radical (unpaired) electrons. The number of benzene rings is 2. The Hall–Kier alpha value is -2.61. The molecule has 0 aliphatic carbocycles. The zero-order valence-electron chi connectivity index (χ0n) is 14.6. The molecule has 28 heavy (non-hydrogen) atoms. The lowest BCUT2D eigenvalue weighted by Gasteiger charge is -1.99. The smallest absolute Gasteiger partial charge is 0.232 e. The Balaban J connectivity index is 1.36. The molecule has 0 saturated heterocycles. The molecule has 0 aliphatic heterocycles. The van der Waals surface area contributed by atoms with Crippen molar-refractivity contribution in [3.63, 3.8) is 0 Å². The van der Waals surface area contributed by atoms with Gasteiger partial charge in [-0.1, -0.05) is 65.4 Å². The van der Waals surface area contributed by atoms with Crippen LogP contribution in [0.25, 0.3) is 10.6 Å². The average Bonchev–Trinajstić information content (AvgIpc) is 3.32. The van der Waals surface area contributed by atoms with Crippen molar-refractivity contribution in [2.75, 3.05) is 5.32 Å². The van der Waals surface area contributed by atoms with Crippen molar-refractivity contribution in [2.45, 2.75) is 12.8 Å². The van der Waals surface area contributed by atoms with Gasteiger partial charge in [-0.15, -0.1) is 21.5 Å². The molecular weight excluding hydrogens is 412 g/mol. The van der Waals surface area contributed by atoms with Crippen molar-refractivity contribution in [2.24, 2.45) is 0 Å². The predicted molar refractivity (Wildman–Crippen MR) is 114 cm³/mol. The van der Waals surface area contributed by atoms with E-state index in [1.807, 2.05) is 60.0 Å². The fourth-order valence-corrected chi connectivity index (χ4v) is 4.41. The third-order valence-corrected chi connectivity index (χ3v) is 5.89. The van der Waals surface area contributed by atoms with Crippen molar-refractivity contribution in [1.82, 2.24) is 15.2 Å². The Bertz CT molecular complexity index is 1090. The van der Waals surface area contributed by atoms with Crippen molar-refractivity contribution >= 4 is 45.3 Å². The van der Waals surface area contributed by atoms with Gasteiger partial charge in [0.1, 0.15) is 10.0 Å². The van der Waals surface area contributed by atoms with E-state index in [1.165, 1.54) is 22.7 Å². The van der Waals surface area contributed by atoms with Crippen LogP contribution in [0.5, 0.6) is 0 Å². The van der Waals surface area contributed by atoms with Crippen molar-refractivity contribution in [3.8, 4) is 10.6 Å². The number of amides is 1. The summed E-state index contributed by atoms with van der Waals surface area (Å²) in [7, 11) is 0. The number of anilines is 1. The molecule has 1 N–H and O–H groups in total. The summed E-state index contributed by atoms with van der Waals surface area (Å²) < 4.78 is 0. The number of nitrogens with zero attached hydrogens (tertiary/aromatic N) is 3. The number of hydrogen-bond donors (Lipinski definition) is 1. The van der Waals surface area contributed by atoms with E-state index in [0.29, 0.717) is 22.3 Å². The molecule has 2 aromatic heterocycles. The first-order valence-corrected chi connectivity index (χ1v) is 10.6. The van der Waals surface area contributed by atoms with Gasteiger partial charge in [-0.2, -0.15) is 0 Å². The highest BCUT2D eigenvalue weighted by molar-refractivity contribution is 7.15. The molecule has 2 aromatic carbocycles. The van der Waals surface area contributed by atoms with Crippen molar-refractivity contribution in [1.29, 1.82) is 0 Å². The number of carbonyl (C=O) groups excluding carboxylic acids is 1. The first kappa shape index (κ1) is 18.7. The second kappa shape index (κ2) is 8.60. The maximum atomic E-state index is 12.3. The molecule has 2 heterocycles. The molecule has 0 unspecified atom stereocenters. The van der Waals surface area contributed by atoms with Gasteiger partial charge in [0.05, 0.1) is 12.1 Å². The highest BCUT2D eigenvalue weighted by atomic mass is 35.5. The zero-order chi connectivity index (χ0) is 19.3. The van der Waals surface area contributed by atoms with E-state index in [1.54, 1.807) is 0 Å². The Morgan fingerprint density at radius 1 is 1.07 bits per heavy atom. The maximum Gasteiger partial charge on any atom is 0.232 e. The molecule has 0 atom stereocenters. The number of rotatable bonds is 6. The van der Waals surface area contributed by atoms with Gasteiger partial charge in [0.2, 0.25) is 11.0 Å². The fraction of sp³-hybridized carbons (Fsp3) is 0.100. The van der Waals surface area contributed by atoms with E-state index in [-0.39, 0.29) is 12.3 Å². The van der Waals surface area contributed by atoms with Crippen LogP contribution in [0.15, 0.2) is 60.0 Å². The van der Waals surface area contributed by atoms with E-state index in [2.05, 4.69) is 20.5 Å². The van der Waals surface area contributed by atoms with Gasteiger partial charge < -0.3 is 5.32 Å². The molecule has 140 valence electrons. The van der Waals surface area contributed by atoms with Gasteiger partial charge in [0.25, 0.3) is 0 Å². The minimum Gasteiger partial charge on any atom is -0.300 e. The summed E-state index contributed by atoms with van der Waals surface area (Å²) in [5.74, 6) is -0.162. The normalized spacial score (nSPS) is 10.8. The van der Waals surface area contributed by atoms with E-state index in [9.17, 15) is 4.79 Å². The third-order valence-electron chi connectivity index (χ3n) is 3.88. The van der Waals surface area contributed by atoms with Crippen LogP contribution in [0.3, 0.4) is 0 Å². The van der Waals surface area contributed by atoms with Crippen LogP contribution in [0.2, 0.25) is 5.02 Å². The van der Waals surface area contributed by atoms with Gasteiger partial charge in [0, 0.05) is 22.4 Å². The van der Waals surface area contributed by atoms with E-state index in [0.717, 1.165) is 21.1 Å². The number of carbonyl (C=O) groups is 1. The number of thiazole rings is 1. The zero-order valence-corrected chi connectivity index (χ0v) is 17.0. The highest BCUT2D eigenvalue weighted by Crippen LogP contribution is 2.26. The van der Waals surface area contributed by atoms with Gasteiger partial charge in [-0.3, -0.25) is 4.79 Å². The molecule has 8 heteroatoms. The van der Waals surface area contributed by atoms with Crippen molar-refractivity contribution in [3.05, 3.63) is 81.3 Å². The maximum absolute atomic E-state index is 12.3. The number of halogens is 1. The van der Waals surface area contributed by atoms with Crippen LogP contribution in [-0.2, 0) is 17.6 Å². The first-order chi connectivity index (χ1) is 13.7. The standard InChI is InChI=1S/C20H15ClN4OS2/c21-15-8-4-7-14(10-15)19-22-16(12-27-19)11-17(26)23-20-25-24-18(28-20)9-13-5-2-1-3-6-13/h1-8,10,12H,9,11H2,(H,23,25,26). The van der Waals surface area contributed by atoms with Crippen LogP contribution in [0.4, 0.5) is 5.13 Å². The average molecular weight is 427 g/mol. The summed E-state index contributed by atoms with van der Waals surface area (Å²) in [4.78, 5) is 16.9. The number of aromatic nitrogens is 3. The summed E-state index contributed by atoms with van der Waals surface area (Å²) >= 11 is 8.90. The van der Waals surface area contributed by atoms with Gasteiger partial charge >= 0.3 is 0 Å². The largest absolute Gasteiger partial charge is 0.300 e. The minimum atomic E-state index is -0.162. The molecule has 4 rings (SSSR count). The van der Waals surface area contributed by atoms with Gasteiger partial charge in [0.15, 0.2) is 0 Å². The molecule has 1 amide bonds. The summed E-state index contributed by atoms with van der Waals surface area (Å²) in [6, 6.07) is 17.6. The molecule has 4 aromatic rings. The summed E-state index contributed by atoms with van der Waals surface area (Å²) in [5.41, 5.74) is 2.82. The molecule has 0 saturated carbocycles. The number of nitrogens with one attached hydrogen (secondary N) is 1. The van der Waals surface area contributed by atoms with Crippen LogP contribution in [0.1, 0.15) is 16.3 Å². The van der Waals surface area contributed by atoms with Crippen molar-refractivity contribution < 1.29 is 4.79 Å². The van der Waals surface area contributed by atoms with E-state index < -0.39 is 0 Å². The third kappa shape index (κ3) is 4.81. The molecule has 0 bridgehead atoms. The van der Waals surface area contributed by atoms with Gasteiger partial charge in [-0.25, -0.2) is 4.98 Å². The number of hydrogen-bond acceptors (Lipinski definition) is 6. The quantitative estimate of drug-likeness (QED) is 0.466. The Kier molecular flexibility index (Phi) is 5.76. The lowest BCUT2D eigenvalue weighted by Crippen LogP contribution is -2.14. The molecule has 5 nitrogen and oxygen atoms in total. The van der Waals surface area contributed by atoms with Gasteiger partial charge in [-0.05, 0) is 17.7 Å².